The molecular formula is C9H20FP. The highest BCUT2D eigenvalue weighted by Gasteiger charge is 2.17. The highest BCUT2D eigenvalue weighted by atomic mass is 31.0. The van der Waals surface area contributed by atoms with Gasteiger partial charge in [-0.15, -0.1) is 9.24 Å². The van der Waals surface area contributed by atoms with E-state index >= 15 is 0 Å². The standard InChI is InChI=1S/C9H20FP/c1-6(2)9(11)7(3)5-8(4)10/h6-9H,5,11H2,1-4H3/t7-,8+,9-/m1/s1. The first-order chi connectivity index (χ1) is 4.95. The van der Waals surface area contributed by atoms with E-state index in [1.165, 1.54) is 0 Å². The third-order valence-electron chi connectivity index (χ3n) is 2.12. The fraction of sp³-hybridized carbons (Fsp3) is 1.00. The van der Waals surface area contributed by atoms with E-state index in [2.05, 4.69) is 30.0 Å². The zero-order valence-corrected chi connectivity index (χ0v) is 9.13. The molecule has 0 radical (unpaired) electrons. The van der Waals surface area contributed by atoms with Crippen LogP contribution in [0.1, 0.15) is 34.1 Å². The van der Waals surface area contributed by atoms with Gasteiger partial charge < -0.3 is 0 Å². The van der Waals surface area contributed by atoms with Crippen LogP contribution in [0, 0.1) is 11.8 Å². The van der Waals surface area contributed by atoms with Gasteiger partial charge in [-0.25, -0.2) is 4.39 Å². The smallest absolute Gasteiger partial charge is 0.0976 e. The molecule has 1 unspecified atom stereocenters. The second-order valence-corrected chi connectivity index (χ2v) is 4.58. The van der Waals surface area contributed by atoms with Gasteiger partial charge in [0.15, 0.2) is 0 Å². The Morgan fingerprint density at radius 1 is 1.18 bits per heavy atom. The Morgan fingerprint density at radius 3 is 1.91 bits per heavy atom. The van der Waals surface area contributed by atoms with Gasteiger partial charge in [0.25, 0.3) is 0 Å². The first-order valence-electron chi connectivity index (χ1n) is 4.34. The van der Waals surface area contributed by atoms with E-state index in [4.69, 9.17) is 0 Å². The predicted molar refractivity (Wildman–Crippen MR) is 52.7 cm³/mol. The van der Waals surface area contributed by atoms with Gasteiger partial charge in [0.2, 0.25) is 0 Å². The maximum Gasteiger partial charge on any atom is 0.0976 e. The predicted octanol–water partition coefficient (Wildman–Crippen LogP) is 3.27. The minimum absolute atomic E-state index is 0.472. The van der Waals surface area contributed by atoms with Crippen LogP contribution in [0.3, 0.4) is 0 Å². The molecule has 0 aliphatic heterocycles. The van der Waals surface area contributed by atoms with E-state index in [0.29, 0.717) is 23.9 Å². The SMILES string of the molecule is CC(C)[C@@H](P)[C@H](C)C[C@H](C)F. The molecule has 4 atom stereocenters. The zero-order valence-electron chi connectivity index (χ0n) is 7.97. The van der Waals surface area contributed by atoms with Crippen LogP contribution in [0.25, 0.3) is 0 Å². The Bertz CT molecular complexity index is 102. The first kappa shape index (κ1) is 11.4. The molecule has 0 saturated carbocycles. The van der Waals surface area contributed by atoms with Crippen LogP contribution in [0.5, 0.6) is 0 Å². The van der Waals surface area contributed by atoms with Gasteiger partial charge in [-0.1, -0.05) is 20.8 Å². The van der Waals surface area contributed by atoms with Crippen molar-refractivity contribution < 1.29 is 4.39 Å². The van der Waals surface area contributed by atoms with Gasteiger partial charge in [0.05, 0.1) is 6.17 Å². The topological polar surface area (TPSA) is 0 Å². The van der Waals surface area contributed by atoms with Gasteiger partial charge in [-0.05, 0) is 30.8 Å². The maximum atomic E-state index is 12.6. The summed E-state index contributed by atoms with van der Waals surface area (Å²) in [6.45, 7) is 8.11. The molecule has 68 valence electrons. The van der Waals surface area contributed by atoms with Crippen LogP contribution in [0.2, 0.25) is 0 Å². The number of hydrogen-bond acceptors (Lipinski definition) is 0. The normalized spacial score (nSPS) is 19.9. The second-order valence-electron chi connectivity index (χ2n) is 3.82. The van der Waals surface area contributed by atoms with Crippen molar-refractivity contribution in [3.8, 4) is 0 Å². The molecule has 0 spiro atoms. The molecule has 0 aliphatic rings. The van der Waals surface area contributed by atoms with Gasteiger partial charge in [0, 0.05) is 0 Å². The Balaban J connectivity index is 3.73. The van der Waals surface area contributed by atoms with Crippen LogP contribution in [-0.2, 0) is 0 Å². The van der Waals surface area contributed by atoms with E-state index in [-0.39, 0.29) is 0 Å². The summed E-state index contributed by atoms with van der Waals surface area (Å²) in [7, 11) is 2.81. The summed E-state index contributed by atoms with van der Waals surface area (Å²) in [5.41, 5.74) is 0.549. The Labute approximate surface area is 72.2 Å². The summed E-state index contributed by atoms with van der Waals surface area (Å²) in [4.78, 5) is 0. The van der Waals surface area contributed by atoms with Crippen molar-refractivity contribution in [2.45, 2.75) is 45.9 Å². The first-order valence-corrected chi connectivity index (χ1v) is 5.01. The summed E-state index contributed by atoms with van der Waals surface area (Å²) in [5, 5.41) is 0. The average Bonchev–Trinajstić information content (AvgIpc) is 1.84. The lowest BCUT2D eigenvalue weighted by molar-refractivity contribution is 0.281. The van der Waals surface area contributed by atoms with Crippen LogP contribution < -0.4 is 0 Å². The van der Waals surface area contributed by atoms with E-state index in [1.807, 2.05) is 0 Å². The fourth-order valence-electron chi connectivity index (χ4n) is 1.33. The van der Waals surface area contributed by atoms with Gasteiger partial charge >= 0.3 is 0 Å². The van der Waals surface area contributed by atoms with Crippen molar-refractivity contribution in [2.24, 2.45) is 11.8 Å². The molecule has 0 rings (SSSR count). The molecule has 0 aromatic heterocycles. The van der Waals surface area contributed by atoms with Crippen molar-refractivity contribution in [3.05, 3.63) is 0 Å². The molecule has 0 amide bonds. The largest absolute Gasteiger partial charge is 0.248 e. The van der Waals surface area contributed by atoms with Crippen molar-refractivity contribution in [3.63, 3.8) is 0 Å². The van der Waals surface area contributed by atoms with Crippen molar-refractivity contribution >= 4 is 9.24 Å². The van der Waals surface area contributed by atoms with E-state index in [1.54, 1.807) is 6.92 Å². The lowest BCUT2D eigenvalue weighted by Gasteiger charge is -2.23. The summed E-state index contributed by atoms with van der Waals surface area (Å²) in [5.74, 6) is 1.11. The summed E-state index contributed by atoms with van der Waals surface area (Å²) < 4.78 is 12.6. The van der Waals surface area contributed by atoms with Crippen molar-refractivity contribution in [1.29, 1.82) is 0 Å². The molecule has 0 aliphatic carbocycles. The van der Waals surface area contributed by atoms with Crippen LogP contribution in [0.4, 0.5) is 4.39 Å². The molecule has 0 fully saturated rings. The Kier molecular flexibility index (Phi) is 5.25. The van der Waals surface area contributed by atoms with Crippen molar-refractivity contribution in [1.82, 2.24) is 0 Å². The third-order valence-corrected chi connectivity index (χ3v) is 3.55. The minimum atomic E-state index is -0.660. The Morgan fingerprint density at radius 2 is 1.64 bits per heavy atom. The molecular weight excluding hydrogens is 158 g/mol. The molecule has 0 aromatic carbocycles. The average molecular weight is 178 g/mol. The number of rotatable bonds is 4. The fourth-order valence-corrected chi connectivity index (χ4v) is 1.48. The summed E-state index contributed by atoms with van der Waals surface area (Å²) in [6.07, 6.45) is 0.0265. The Hall–Kier alpha value is 0.360. The number of halogens is 1. The van der Waals surface area contributed by atoms with Crippen LogP contribution in [-0.4, -0.2) is 11.8 Å². The van der Waals surface area contributed by atoms with Crippen LogP contribution >= 0.6 is 9.24 Å². The van der Waals surface area contributed by atoms with E-state index in [0.717, 1.165) is 0 Å². The number of alkyl halides is 1. The van der Waals surface area contributed by atoms with E-state index < -0.39 is 6.17 Å². The van der Waals surface area contributed by atoms with Gasteiger partial charge in [-0.3, -0.25) is 0 Å². The van der Waals surface area contributed by atoms with Crippen LogP contribution in [0.15, 0.2) is 0 Å². The summed E-state index contributed by atoms with van der Waals surface area (Å²) in [6, 6.07) is 0. The van der Waals surface area contributed by atoms with Gasteiger partial charge in [-0.2, -0.15) is 0 Å². The summed E-state index contributed by atoms with van der Waals surface area (Å²) >= 11 is 0. The highest BCUT2D eigenvalue weighted by Crippen LogP contribution is 2.25. The molecule has 0 aromatic rings. The van der Waals surface area contributed by atoms with Gasteiger partial charge in [0.1, 0.15) is 0 Å². The third kappa shape index (κ3) is 4.74. The molecule has 11 heavy (non-hydrogen) atoms. The molecule has 0 bridgehead atoms. The highest BCUT2D eigenvalue weighted by molar-refractivity contribution is 7.17. The molecule has 0 saturated heterocycles. The molecule has 0 N–H and O–H groups in total. The lowest BCUT2D eigenvalue weighted by Crippen LogP contribution is -2.19. The molecule has 2 heteroatoms. The quantitative estimate of drug-likeness (QED) is 0.579. The van der Waals surface area contributed by atoms with E-state index in [9.17, 15) is 4.39 Å². The van der Waals surface area contributed by atoms with Crippen molar-refractivity contribution in [2.75, 3.05) is 0 Å². The zero-order chi connectivity index (χ0) is 9.02. The maximum absolute atomic E-state index is 12.6. The monoisotopic (exact) mass is 178 g/mol. The molecule has 0 heterocycles. The molecule has 0 nitrogen and oxygen atoms in total. The second kappa shape index (κ2) is 5.09. The minimum Gasteiger partial charge on any atom is -0.248 e. The lowest BCUT2D eigenvalue weighted by atomic mass is 9.94. The number of hydrogen-bond donors (Lipinski definition) is 0.